The summed E-state index contributed by atoms with van der Waals surface area (Å²) in [5.41, 5.74) is 4.47. The third kappa shape index (κ3) is 1.87. The maximum atomic E-state index is 11.8. The van der Waals surface area contributed by atoms with Crippen molar-refractivity contribution in [3.05, 3.63) is 29.3 Å². The smallest absolute Gasteiger partial charge is 0.254 e. The van der Waals surface area contributed by atoms with Gasteiger partial charge in [0.1, 0.15) is 12.1 Å². The highest BCUT2D eigenvalue weighted by Gasteiger charge is 2.26. The van der Waals surface area contributed by atoms with Crippen LogP contribution in [0, 0.1) is 22.7 Å². The fourth-order valence-electron chi connectivity index (χ4n) is 1.77. The summed E-state index contributed by atoms with van der Waals surface area (Å²) in [5.74, 6) is -0.0431. The zero-order valence-corrected chi connectivity index (χ0v) is 9.64. The highest BCUT2D eigenvalue weighted by Crippen LogP contribution is 2.28. The van der Waals surface area contributed by atoms with Crippen LogP contribution in [-0.4, -0.2) is 23.6 Å². The number of hydrazone groups is 1. The highest BCUT2D eigenvalue weighted by molar-refractivity contribution is 6.10. The molecule has 88 valence electrons. The number of nitrogens with one attached hydrogen (secondary N) is 1. The van der Waals surface area contributed by atoms with Crippen molar-refractivity contribution >= 4 is 17.3 Å². The fraction of sp³-hybridized carbons (Fsp3) is 0.167. The molecule has 0 unspecified atom stereocenters. The van der Waals surface area contributed by atoms with Gasteiger partial charge in [0.15, 0.2) is 0 Å². The molecule has 1 amide bonds. The van der Waals surface area contributed by atoms with E-state index in [-0.39, 0.29) is 11.6 Å². The van der Waals surface area contributed by atoms with Crippen LogP contribution in [0.2, 0.25) is 0 Å². The van der Waals surface area contributed by atoms with Crippen LogP contribution in [-0.2, 0) is 6.54 Å². The second-order valence-electron chi connectivity index (χ2n) is 3.79. The Morgan fingerprint density at radius 1 is 1.44 bits per heavy atom. The van der Waals surface area contributed by atoms with Crippen LogP contribution >= 0.6 is 0 Å². The number of rotatable bonds is 2. The van der Waals surface area contributed by atoms with E-state index in [2.05, 4.69) is 10.5 Å². The molecule has 6 heteroatoms. The van der Waals surface area contributed by atoms with Crippen molar-refractivity contribution in [3.63, 3.8) is 0 Å². The molecule has 2 rings (SSSR count). The van der Waals surface area contributed by atoms with Crippen LogP contribution < -0.4 is 5.43 Å². The van der Waals surface area contributed by atoms with Crippen LogP contribution in [0.25, 0.3) is 0 Å². The van der Waals surface area contributed by atoms with Crippen LogP contribution in [0.3, 0.4) is 0 Å². The average molecular weight is 239 g/mol. The molecule has 0 spiro atoms. The number of nitrogens with zero attached hydrogens (tertiary/aromatic N) is 4. The van der Waals surface area contributed by atoms with Crippen molar-refractivity contribution < 1.29 is 4.79 Å². The predicted octanol–water partition coefficient (Wildman–Crippen LogP) is 1.09. The number of anilines is 1. The maximum absolute atomic E-state index is 11.8. The molecule has 1 aliphatic rings. The molecule has 0 saturated heterocycles. The van der Waals surface area contributed by atoms with Crippen LogP contribution in [0.5, 0.6) is 0 Å². The van der Waals surface area contributed by atoms with Crippen molar-refractivity contribution in [2.45, 2.75) is 6.54 Å². The maximum Gasteiger partial charge on any atom is 0.254 e. The number of carbonyl (C=O) groups is 1. The Morgan fingerprint density at radius 2 is 2.17 bits per heavy atom. The van der Waals surface area contributed by atoms with Crippen molar-refractivity contribution in [2.24, 2.45) is 5.10 Å². The summed E-state index contributed by atoms with van der Waals surface area (Å²) in [6.45, 7) is 0.487. The van der Waals surface area contributed by atoms with Gasteiger partial charge in [-0.3, -0.25) is 10.2 Å². The number of carbonyl (C=O) groups excluding carboxylic acids is 1. The Hall–Kier alpha value is -2.86. The predicted molar refractivity (Wildman–Crippen MR) is 64.5 cm³/mol. The monoisotopic (exact) mass is 239 g/mol. The van der Waals surface area contributed by atoms with Gasteiger partial charge >= 0.3 is 0 Å². The van der Waals surface area contributed by atoms with Gasteiger partial charge in [-0.2, -0.15) is 15.6 Å². The molecular weight excluding hydrogens is 230 g/mol. The molecule has 0 atom stereocenters. The lowest BCUT2D eigenvalue weighted by Crippen LogP contribution is -2.17. The Balaban J connectivity index is 2.34. The highest BCUT2D eigenvalue weighted by atomic mass is 16.2. The van der Waals surface area contributed by atoms with Gasteiger partial charge in [-0.25, -0.2) is 0 Å². The molecule has 6 nitrogen and oxygen atoms in total. The molecule has 1 aliphatic heterocycles. The SMILES string of the molecule is CN1Cc2c(NN=C(C#N)C#N)cccc2C1=O. The van der Waals surface area contributed by atoms with Gasteiger partial charge in [-0.1, -0.05) is 6.07 Å². The van der Waals surface area contributed by atoms with Crippen molar-refractivity contribution in [3.8, 4) is 12.1 Å². The molecule has 0 aliphatic carbocycles. The first-order valence-electron chi connectivity index (χ1n) is 5.18. The largest absolute Gasteiger partial charge is 0.337 e. The molecule has 0 aromatic heterocycles. The third-order valence-electron chi connectivity index (χ3n) is 2.65. The summed E-state index contributed by atoms with van der Waals surface area (Å²) in [7, 11) is 1.71. The minimum Gasteiger partial charge on any atom is -0.337 e. The molecule has 1 aromatic rings. The molecule has 0 radical (unpaired) electrons. The van der Waals surface area contributed by atoms with Gasteiger partial charge in [-0.05, 0) is 12.1 Å². The molecule has 18 heavy (non-hydrogen) atoms. The first-order chi connectivity index (χ1) is 8.67. The van der Waals surface area contributed by atoms with Gasteiger partial charge < -0.3 is 4.90 Å². The zero-order valence-electron chi connectivity index (χ0n) is 9.64. The summed E-state index contributed by atoms with van der Waals surface area (Å²) >= 11 is 0. The molecule has 0 bridgehead atoms. The Labute approximate surface area is 104 Å². The van der Waals surface area contributed by atoms with Gasteiger partial charge in [0.05, 0.1) is 5.69 Å². The number of hydrogen-bond acceptors (Lipinski definition) is 5. The summed E-state index contributed by atoms with van der Waals surface area (Å²) < 4.78 is 0. The Bertz CT molecular complexity index is 604. The number of hydrogen-bond donors (Lipinski definition) is 1. The van der Waals surface area contributed by atoms with Gasteiger partial charge in [-0.15, -0.1) is 0 Å². The Morgan fingerprint density at radius 3 is 2.83 bits per heavy atom. The molecule has 0 fully saturated rings. The lowest BCUT2D eigenvalue weighted by Gasteiger charge is -2.06. The van der Waals surface area contributed by atoms with Crippen molar-refractivity contribution in [1.82, 2.24) is 4.90 Å². The van der Waals surface area contributed by atoms with E-state index in [1.807, 2.05) is 0 Å². The first-order valence-corrected chi connectivity index (χ1v) is 5.18. The molecular formula is C12H9N5O. The van der Waals surface area contributed by atoms with Crippen molar-refractivity contribution in [1.29, 1.82) is 10.5 Å². The van der Waals surface area contributed by atoms with E-state index >= 15 is 0 Å². The van der Waals surface area contributed by atoms with E-state index < -0.39 is 0 Å². The average Bonchev–Trinajstić information content (AvgIpc) is 2.68. The van der Waals surface area contributed by atoms with Gasteiger partial charge in [0.25, 0.3) is 5.91 Å². The minimum atomic E-state index is -0.259. The van der Waals surface area contributed by atoms with Gasteiger partial charge in [0, 0.05) is 24.7 Å². The van der Waals surface area contributed by atoms with Crippen LogP contribution in [0.4, 0.5) is 5.69 Å². The lowest BCUT2D eigenvalue weighted by atomic mass is 10.1. The fourth-order valence-corrected chi connectivity index (χ4v) is 1.77. The van der Waals surface area contributed by atoms with E-state index in [1.165, 1.54) is 0 Å². The quantitative estimate of drug-likeness (QED) is 0.617. The Kier molecular flexibility index (Phi) is 2.94. The van der Waals surface area contributed by atoms with Crippen LogP contribution in [0.15, 0.2) is 23.3 Å². The second kappa shape index (κ2) is 4.56. The second-order valence-corrected chi connectivity index (χ2v) is 3.79. The molecule has 1 aromatic carbocycles. The number of amides is 1. The molecule has 1 N–H and O–H groups in total. The number of fused-ring (bicyclic) bond motifs is 1. The number of nitriles is 2. The lowest BCUT2D eigenvalue weighted by molar-refractivity contribution is 0.0816. The zero-order chi connectivity index (χ0) is 13.1. The normalized spacial score (nSPS) is 12.4. The van der Waals surface area contributed by atoms with E-state index in [9.17, 15) is 4.79 Å². The minimum absolute atomic E-state index is 0.0431. The number of benzene rings is 1. The molecule has 1 heterocycles. The summed E-state index contributed by atoms with van der Waals surface area (Å²) in [4.78, 5) is 13.3. The summed E-state index contributed by atoms with van der Waals surface area (Å²) in [6.07, 6.45) is 0. The standard InChI is InChI=1S/C12H9N5O/c1-17-7-10-9(12(17)18)3-2-4-11(10)16-15-8(5-13)6-14/h2-4,16H,7H2,1H3. The van der Waals surface area contributed by atoms with E-state index in [0.717, 1.165) is 5.56 Å². The van der Waals surface area contributed by atoms with Gasteiger partial charge in [0.2, 0.25) is 5.71 Å². The van der Waals surface area contributed by atoms with E-state index in [1.54, 1.807) is 42.3 Å². The van der Waals surface area contributed by atoms with E-state index in [4.69, 9.17) is 10.5 Å². The summed E-state index contributed by atoms with van der Waals surface area (Å²) in [5, 5.41) is 20.8. The summed E-state index contributed by atoms with van der Waals surface area (Å²) in [6, 6.07) is 8.53. The van der Waals surface area contributed by atoms with E-state index in [0.29, 0.717) is 17.8 Å². The molecule has 0 saturated carbocycles. The topological polar surface area (TPSA) is 92.3 Å². The van der Waals surface area contributed by atoms with Crippen LogP contribution in [0.1, 0.15) is 15.9 Å². The first kappa shape index (κ1) is 11.6. The van der Waals surface area contributed by atoms with Crippen molar-refractivity contribution in [2.75, 3.05) is 12.5 Å². The third-order valence-corrected chi connectivity index (χ3v) is 2.65.